The molecule has 1 aromatic carbocycles. The van der Waals surface area contributed by atoms with Crippen LogP contribution in [-0.4, -0.2) is 65.7 Å². The first-order chi connectivity index (χ1) is 12.6. The third-order valence-electron chi connectivity index (χ3n) is 5.54. The molecule has 142 valence electrons. The Balaban J connectivity index is 1.37. The Morgan fingerprint density at radius 3 is 2.27 bits per heavy atom. The van der Waals surface area contributed by atoms with Crippen molar-refractivity contribution in [1.82, 2.24) is 15.1 Å². The molecule has 2 aliphatic rings. The maximum atomic E-state index is 12.5. The Kier molecular flexibility index (Phi) is 6.50. The van der Waals surface area contributed by atoms with Gasteiger partial charge in [-0.05, 0) is 43.6 Å². The van der Waals surface area contributed by atoms with Gasteiger partial charge in [0.15, 0.2) is 0 Å². The molecule has 0 spiro atoms. The second kappa shape index (κ2) is 9.03. The van der Waals surface area contributed by atoms with Gasteiger partial charge in [0.1, 0.15) is 0 Å². The van der Waals surface area contributed by atoms with Crippen LogP contribution in [0.3, 0.4) is 0 Å². The van der Waals surface area contributed by atoms with E-state index in [0.717, 1.165) is 58.3 Å². The highest BCUT2D eigenvalue weighted by Gasteiger charge is 2.26. The fraction of sp³-hybridized carbons (Fsp3) is 0.600. The van der Waals surface area contributed by atoms with Gasteiger partial charge in [-0.2, -0.15) is 0 Å². The van der Waals surface area contributed by atoms with Crippen molar-refractivity contribution in [1.29, 1.82) is 0 Å². The number of nitrogens with zero attached hydrogens (tertiary/aromatic N) is 2. The van der Waals surface area contributed by atoms with Crippen molar-refractivity contribution >= 4 is 12.0 Å². The molecular formula is C20H29N3O3. The summed E-state index contributed by atoms with van der Waals surface area (Å²) in [6.07, 6.45) is 4.85. The zero-order valence-electron chi connectivity index (χ0n) is 15.3. The Labute approximate surface area is 155 Å². The number of aliphatic carboxylic acids is 1. The SMILES string of the molecule is O=C(O)CN1CCC(NC(=O)N2CCC(Cc3ccccc3)CC2)CC1. The monoisotopic (exact) mass is 359 g/mol. The van der Waals surface area contributed by atoms with Crippen molar-refractivity contribution in [3.8, 4) is 0 Å². The van der Waals surface area contributed by atoms with Crippen LogP contribution < -0.4 is 5.32 Å². The number of carboxylic acids is 1. The highest BCUT2D eigenvalue weighted by molar-refractivity contribution is 5.74. The van der Waals surface area contributed by atoms with Crippen molar-refractivity contribution in [2.75, 3.05) is 32.7 Å². The zero-order chi connectivity index (χ0) is 18.4. The highest BCUT2D eigenvalue weighted by Crippen LogP contribution is 2.22. The van der Waals surface area contributed by atoms with E-state index in [4.69, 9.17) is 5.11 Å². The number of benzene rings is 1. The van der Waals surface area contributed by atoms with Gasteiger partial charge in [0.2, 0.25) is 0 Å². The van der Waals surface area contributed by atoms with Gasteiger partial charge in [-0.1, -0.05) is 30.3 Å². The summed E-state index contributed by atoms with van der Waals surface area (Å²) < 4.78 is 0. The lowest BCUT2D eigenvalue weighted by molar-refractivity contribution is -0.138. The minimum absolute atomic E-state index is 0.0415. The van der Waals surface area contributed by atoms with E-state index in [1.54, 1.807) is 0 Å². The fourth-order valence-corrected chi connectivity index (χ4v) is 3.98. The third kappa shape index (κ3) is 5.46. The number of carboxylic acid groups (broad SMARTS) is 1. The maximum Gasteiger partial charge on any atom is 0.317 e. The van der Waals surface area contributed by atoms with Crippen molar-refractivity contribution in [2.45, 2.75) is 38.1 Å². The largest absolute Gasteiger partial charge is 0.480 e. The summed E-state index contributed by atoms with van der Waals surface area (Å²) in [5.41, 5.74) is 1.38. The number of carbonyl (C=O) groups is 2. The van der Waals surface area contributed by atoms with Gasteiger partial charge in [-0.15, -0.1) is 0 Å². The van der Waals surface area contributed by atoms with Gasteiger partial charge >= 0.3 is 12.0 Å². The average Bonchev–Trinajstić information content (AvgIpc) is 2.64. The molecule has 0 bridgehead atoms. The number of amides is 2. The third-order valence-corrected chi connectivity index (χ3v) is 5.54. The second-order valence-corrected chi connectivity index (χ2v) is 7.51. The Hall–Kier alpha value is -2.08. The summed E-state index contributed by atoms with van der Waals surface area (Å²) in [5, 5.41) is 12.0. The zero-order valence-corrected chi connectivity index (χ0v) is 15.3. The van der Waals surface area contributed by atoms with Crippen LogP contribution in [-0.2, 0) is 11.2 Å². The normalized spacial score (nSPS) is 20.1. The predicted molar refractivity (Wildman–Crippen MR) is 100 cm³/mol. The van der Waals surface area contributed by atoms with E-state index in [2.05, 4.69) is 29.6 Å². The molecule has 0 unspecified atom stereocenters. The van der Waals surface area contributed by atoms with E-state index in [1.165, 1.54) is 5.56 Å². The number of carbonyl (C=O) groups excluding carboxylic acids is 1. The van der Waals surface area contributed by atoms with Crippen molar-refractivity contribution < 1.29 is 14.7 Å². The van der Waals surface area contributed by atoms with Crippen molar-refractivity contribution in [3.05, 3.63) is 35.9 Å². The predicted octanol–water partition coefficient (Wildman–Crippen LogP) is 2.20. The molecule has 2 fully saturated rings. The average molecular weight is 359 g/mol. The standard InChI is InChI=1S/C20H29N3O3/c24-19(25)15-22-10-8-18(9-11-22)21-20(26)23-12-6-17(7-13-23)14-16-4-2-1-3-5-16/h1-5,17-18H,6-15H2,(H,21,26)(H,24,25). The van der Waals surface area contributed by atoms with Gasteiger partial charge < -0.3 is 15.3 Å². The first-order valence-electron chi connectivity index (χ1n) is 9.63. The lowest BCUT2D eigenvalue weighted by atomic mass is 9.90. The Morgan fingerprint density at radius 2 is 1.65 bits per heavy atom. The molecule has 2 N–H and O–H groups in total. The fourth-order valence-electron chi connectivity index (χ4n) is 3.98. The molecule has 0 aliphatic carbocycles. The van der Waals surface area contributed by atoms with Crippen LogP contribution >= 0.6 is 0 Å². The molecule has 0 aromatic heterocycles. The van der Waals surface area contributed by atoms with Gasteiger partial charge in [0, 0.05) is 32.2 Å². The first kappa shape index (κ1) is 18.7. The van der Waals surface area contributed by atoms with Crippen LogP contribution in [0.15, 0.2) is 30.3 Å². The molecule has 3 rings (SSSR count). The highest BCUT2D eigenvalue weighted by atomic mass is 16.4. The van der Waals surface area contributed by atoms with Crippen LogP contribution in [0.5, 0.6) is 0 Å². The van der Waals surface area contributed by atoms with Gasteiger partial charge in [-0.3, -0.25) is 9.69 Å². The molecule has 2 amide bonds. The molecule has 6 nitrogen and oxygen atoms in total. The van der Waals surface area contributed by atoms with Crippen LogP contribution in [0.4, 0.5) is 4.79 Å². The Morgan fingerprint density at radius 1 is 1.00 bits per heavy atom. The molecular weight excluding hydrogens is 330 g/mol. The number of likely N-dealkylation sites (tertiary alicyclic amines) is 2. The summed E-state index contributed by atoms with van der Waals surface area (Å²) in [6.45, 7) is 3.20. The molecule has 0 radical (unpaired) electrons. The Bertz CT molecular complexity index is 592. The molecule has 0 atom stereocenters. The summed E-state index contributed by atoms with van der Waals surface area (Å²) >= 11 is 0. The van der Waals surface area contributed by atoms with E-state index in [0.29, 0.717) is 5.92 Å². The number of hydrogen-bond donors (Lipinski definition) is 2. The van der Waals surface area contributed by atoms with Crippen LogP contribution in [0.1, 0.15) is 31.2 Å². The van der Waals surface area contributed by atoms with E-state index < -0.39 is 5.97 Å². The molecule has 2 saturated heterocycles. The van der Waals surface area contributed by atoms with E-state index >= 15 is 0 Å². The molecule has 0 saturated carbocycles. The smallest absolute Gasteiger partial charge is 0.317 e. The van der Waals surface area contributed by atoms with Crippen molar-refractivity contribution in [2.24, 2.45) is 5.92 Å². The van der Waals surface area contributed by atoms with Gasteiger partial charge in [0.05, 0.1) is 6.54 Å². The topological polar surface area (TPSA) is 72.9 Å². The van der Waals surface area contributed by atoms with Crippen LogP contribution in [0.25, 0.3) is 0 Å². The number of rotatable bonds is 5. The lowest BCUT2D eigenvalue weighted by Crippen LogP contribution is -2.51. The number of piperidine rings is 2. The molecule has 6 heteroatoms. The second-order valence-electron chi connectivity index (χ2n) is 7.51. The van der Waals surface area contributed by atoms with E-state index in [9.17, 15) is 9.59 Å². The molecule has 26 heavy (non-hydrogen) atoms. The van der Waals surface area contributed by atoms with Crippen LogP contribution in [0.2, 0.25) is 0 Å². The number of urea groups is 1. The minimum atomic E-state index is -0.786. The summed E-state index contributed by atoms with van der Waals surface area (Å²) in [7, 11) is 0. The number of nitrogens with one attached hydrogen (secondary N) is 1. The van der Waals surface area contributed by atoms with Crippen LogP contribution in [0, 0.1) is 5.92 Å². The van der Waals surface area contributed by atoms with Gasteiger partial charge in [0.25, 0.3) is 0 Å². The summed E-state index contributed by atoms with van der Waals surface area (Å²) in [4.78, 5) is 27.1. The van der Waals surface area contributed by atoms with E-state index in [-0.39, 0.29) is 18.6 Å². The number of hydrogen-bond acceptors (Lipinski definition) is 3. The van der Waals surface area contributed by atoms with Gasteiger partial charge in [-0.25, -0.2) is 4.79 Å². The van der Waals surface area contributed by atoms with E-state index in [1.807, 2.05) is 15.9 Å². The maximum absolute atomic E-state index is 12.5. The molecule has 1 aromatic rings. The molecule has 2 aliphatic heterocycles. The quantitative estimate of drug-likeness (QED) is 0.845. The minimum Gasteiger partial charge on any atom is -0.480 e. The summed E-state index contributed by atoms with van der Waals surface area (Å²) in [5.74, 6) is -0.133. The van der Waals surface area contributed by atoms with Crippen molar-refractivity contribution in [3.63, 3.8) is 0 Å². The lowest BCUT2D eigenvalue weighted by Gasteiger charge is -2.35. The summed E-state index contributed by atoms with van der Waals surface area (Å²) in [6, 6.07) is 10.8. The molecule has 2 heterocycles. The first-order valence-corrected chi connectivity index (χ1v) is 9.63.